The number of ketones is 1. The van der Waals surface area contributed by atoms with E-state index in [4.69, 9.17) is 0 Å². The molecule has 0 unspecified atom stereocenters. The molecular formula is C18H20OS. The van der Waals surface area contributed by atoms with Gasteiger partial charge in [0, 0.05) is 11.3 Å². The highest BCUT2D eigenvalue weighted by Crippen LogP contribution is 2.42. The number of carbonyl (C=O) groups excluding carboxylic acids is 1. The second kappa shape index (κ2) is 5.92. The highest BCUT2D eigenvalue weighted by molar-refractivity contribution is 7.09. The van der Waals surface area contributed by atoms with E-state index in [1.165, 1.54) is 23.3 Å². The van der Waals surface area contributed by atoms with Gasteiger partial charge >= 0.3 is 0 Å². The Morgan fingerprint density at radius 2 is 1.80 bits per heavy atom. The van der Waals surface area contributed by atoms with Gasteiger partial charge in [0.2, 0.25) is 0 Å². The smallest absolute Gasteiger partial charge is 0.143 e. The number of hydrogen-bond donors (Lipinski definition) is 0. The molecule has 1 aliphatic rings. The SMILES string of the molecule is O=C(CCc1cccs1)C1(c2ccccc2)CCCC1. The zero-order valence-corrected chi connectivity index (χ0v) is 12.5. The van der Waals surface area contributed by atoms with Crippen molar-refractivity contribution in [3.8, 4) is 0 Å². The minimum absolute atomic E-state index is 0.196. The summed E-state index contributed by atoms with van der Waals surface area (Å²) in [5.74, 6) is 0.439. The summed E-state index contributed by atoms with van der Waals surface area (Å²) < 4.78 is 0. The second-order valence-electron chi connectivity index (χ2n) is 5.66. The van der Waals surface area contributed by atoms with Gasteiger partial charge in [0.15, 0.2) is 0 Å². The molecule has 1 aliphatic carbocycles. The van der Waals surface area contributed by atoms with E-state index in [1.807, 2.05) is 6.07 Å². The molecule has 0 atom stereocenters. The Bertz CT molecular complexity index is 550. The van der Waals surface area contributed by atoms with Gasteiger partial charge in [0.25, 0.3) is 0 Å². The fourth-order valence-electron chi connectivity index (χ4n) is 3.40. The van der Waals surface area contributed by atoms with Crippen LogP contribution in [0.25, 0.3) is 0 Å². The molecule has 0 radical (unpaired) electrons. The van der Waals surface area contributed by atoms with Gasteiger partial charge in [-0.2, -0.15) is 0 Å². The average Bonchev–Trinajstić information content (AvgIpc) is 3.18. The van der Waals surface area contributed by atoms with Crippen LogP contribution in [0.5, 0.6) is 0 Å². The number of hydrogen-bond acceptors (Lipinski definition) is 2. The molecule has 0 N–H and O–H groups in total. The summed E-state index contributed by atoms with van der Waals surface area (Å²) in [6, 6.07) is 14.6. The van der Waals surface area contributed by atoms with Gasteiger partial charge in [-0.05, 0) is 36.3 Å². The quantitative estimate of drug-likeness (QED) is 0.773. The lowest BCUT2D eigenvalue weighted by Gasteiger charge is -2.28. The third kappa shape index (κ3) is 2.57. The van der Waals surface area contributed by atoms with E-state index in [9.17, 15) is 4.79 Å². The number of aryl methyl sites for hydroxylation is 1. The molecule has 2 heteroatoms. The van der Waals surface area contributed by atoms with Crippen LogP contribution >= 0.6 is 11.3 Å². The maximum Gasteiger partial charge on any atom is 0.143 e. The van der Waals surface area contributed by atoms with Crippen molar-refractivity contribution >= 4 is 17.1 Å². The summed E-state index contributed by atoms with van der Waals surface area (Å²) >= 11 is 1.75. The number of Topliss-reactive ketones (excluding diaryl/α,β-unsaturated/α-hetero) is 1. The van der Waals surface area contributed by atoms with Crippen molar-refractivity contribution in [3.05, 3.63) is 58.3 Å². The molecular weight excluding hydrogens is 264 g/mol. The van der Waals surface area contributed by atoms with E-state index in [2.05, 4.69) is 41.8 Å². The van der Waals surface area contributed by atoms with E-state index in [1.54, 1.807) is 11.3 Å². The van der Waals surface area contributed by atoms with Crippen molar-refractivity contribution in [1.82, 2.24) is 0 Å². The molecule has 3 rings (SSSR count). The van der Waals surface area contributed by atoms with Gasteiger partial charge < -0.3 is 0 Å². The number of thiophene rings is 1. The zero-order valence-electron chi connectivity index (χ0n) is 11.7. The predicted octanol–water partition coefficient (Wildman–Crippen LogP) is 4.76. The first-order valence-corrected chi connectivity index (χ1v) is 8.30. The van der Waals surface area contributed by atoms with Crippen LogP contribution < -0.4 is 0 Å². The third-order valence-electron chi connectivity index (χ3n) is 4.50. The van der Waals surface area contributed by atoms with Crippen LogP contribution in [0.2, 0.25) is 0 Å². The normalized spacial score (nSPS) is 17.2. The van der Waals surface area contributed by atoms with Crippen LogP contribution in [0.3, 0.4) is 0 Å². The molecule has 2 aromatic rings. The van der Waals surface area contributed by atoms with Gasteiger partial charge in [-0.25, -0.2) is 0 Å². The summed E-state index contributed by atoms with van der Waals surface area (Å²) in [5, 5.41) is 2.09. The molecule has 0 bridgehead atoms. The van der Waals surface area contributed by atoms with Gasteiger partial charge in [0.1, 0.15) is 5.78 Å². The van der Waals surface area contributed by atoms with Crippen LogP contribution in [0, 0.1) is 0 Å². The molecule has 0 saturated heterocycles. The summed E-state index contributed by atoms with van der Waals surface area (Å²) in [7, 11) is 0. The Labute approximate surface area is 124 Å². The lowest BCUT2D eigenvalue weighted by atomic mass is 9.74. The lowest BCUT2D eigenvalue weighted by molar-refractivity contribution is -0.124. The fraction of sp³-hybridized carbons (Fsp3) is 0.389. The standard InChI is InChI=1S/C18H20OS/c19-17(11-10-16-9-6-14-20-16)18(12-4-5-13-18)15-7-2-1-3-8-15/h1-3,6-9,14H,4-5,10-13H2. The van der Waals surface area contributed by atoms with Crippen LogP contribution in [-0.2, 0) is 16.6 Å². The first kappa shape index (κ1) is 13.6. The Balaban J connectivity index is 1.78. The van der Waals surface area contributed by atoms with E-state index in [-0.39, 0.29) is 5.41 Å². The molecule has 1 saturated carbocycles. The fourth-order valence-corrected chi connectivity index (χ4v) is 4.10. The Hall–Kier alpha value is -1.41. The van der Waals surface area contributed by atoms with Gasteiger partial charge in [-0.15, -0.1) is 11.3 Å². The first-order chi connectivity index (χ1) is 9.81. The molecule has 104 valence electrons. The number of carbonyl (C=O) groups is 1. The monoisotopic (exact) mass is 284 g/mol. The third-order valence-corrected chi connectivity index (χ3v) is 5.43. The van der Waals surface area contributed by atoms with Crippen LogP contribution in [0.4, 0.5) is 0 Å². The van der Waals surface area contributed by atoms with Crippen molar-refractivity contribution < 1.29 is 4.79 Å². The predicted molar refractivity (Wildman–Crippen MR) is 84.2 cm³/mol. The molecule has 0 spiro atoms. The molecule has 1 heterocycles. The zero-order chi connectivity index (χ0) is 13.8. The molecule has 1 fully saturated rings. The molecule has 0 aliphatic heterocycles. The summed E-state index contributed by atoms with van der Waals surface area (Å²) in [4.78, 5) is 14.2. The van der Waals surface area contributed by atoms with Gasteiger partial charge in [0.05, 0.1) is 5.41 Å². The maximum absolute atomic E-state index is 12.9. The number of rotatable bonds is 5. The average molecular weight is 284 g/mol. The highest BCUT2D eigenvalue weighted by atomic mass is 32.1. The summed E-state index contributed by atoms with van der Waals surface area (Å²) in [5.41, 5.74) is 1.03. The molecule has 20 heavy (non-hydrogen) atoms. The topological polar surface area (TPSA) is 17.1 Å². The second-order valence-corrected chi connectivity index (χ2v) is 6.69. The van der Waals surface area contributed by atoms with Crippen LogP contribution in [0.15, 0.2) is 47.8 Å². The van der Waals surface area contributed by atoms with E-state index in [0.29, 0.717) is 12.2 Å². The molecule has 0 amide bonds. The largest absolute Gasteiger partial charge is 0.299 e. The minimum atomic E-state index is -0.196. The van der Waals surface area contributed by atoms with Crippen LogP contribution in [-0.4, -0.2) is 5.78 Å². The summed E-state index contributed by atoms with van der Waals surface area (Å²) in [6.07, 6.45) is 5.99. The Morgan fingerprint density at radius 3 is 2.45 bits per heavy atom. The molecule has 1 nitrogen and oxygen atoms in total. The lowest BCUT2D eigenvalue weighted by Crippen LogP contribution is -2.33. The van der Waals surface area contributed by atoms with E-state index in [0.717, 1.165) is 19.3 Å². The van der Waals surface area contributed by atoms with Crippen molar-refractivity contribution in [2.45, 2.75) is 43.9 Å². The van der Waals surface area contributed by atoms with Crippen molar-refractivity contribution in [1.29, 1.82) is 0 Å². The van der Waals surface area contributed by atoms with Gasteiger partial charge in [-0.1, -0.05) is 49.2 Å². The minimum Gasteiger partial charge on any atom is -0.299 e. The van der Waals surface area contributed by atoms with E-state index < -0.39 is 0 Å². The molecule has 1 aromatic carbocycles. The van der Waals surface area contributed by atoms with Crippen LogP contribution in [0.1, 0.15) is 42.5 Å². The van der Waals surface area contributed by atoms with Gasteiger partial charge in [-0.3, -0.25) is 4.79 Å². The highest BCUT2D eigenvalue weighted by Gasteiger charge is 2.41. The molecule has 1 aromatic heterocycles. The van der Waals surface area contributed by atoms with E-state index >= 15 is 0 Å². The number of benzene rings is 1. The summed E-state index contributed by atoms with van der Waals surface area (Å²) in [6.45, 7) is 0. The van der Waals surface area contributed by atoms with Crippen molar-refractivity contribution in [2.75, 3.05) is 0 Å². The Kier molecular flexibility index (Phi) is 4.02. The van der Waals surface area contributed by atoms with Crippen molar-refractivity contribution in [3.63, 3.8) is 0 Å². The maximum atomic E-state index is 12.9. The first-order valence-electron chi connectivity index (χ1n) is 7.42. The van der Waals surface area contributed by atoms with Crippen molar-refractivity contribution in [2.24, 2.45) is 0 Å². The Morgan fingerprint density at radius 1 is 1.05 bits per heavy atom.